The van der Waals surface area contributed by atoms with E-state index in [2.05, 4.69) is 20.5 Å². The van der Waals surface area contributed by atoms with Gasteiger partial charge in [-0.3, -0.25) is 9.78 Å². The van der Waals surface area contributed by atoms with Crippen molar-refractivity contribution < 1.29 is 9.21 Å². The van der Waals surface area contributed by atoms with Crippen LogP contribution in [0.25, 0.3) is 11.5 Å². The van der Waals surface area contributed by atoms with Crippen LogP contribution in [0, 0.1) is 0 Å². The average molecular weight is 278 g/mol. The molecule has 100 valence electrons. The lowest BCUT2D eigenvalue weighted by molar-refractivity contribution is 0.0909. The summed E-state index contributed by atoms with van der Waals surface area (Å²) in [6.07, 6.45) is 5.24. The van der Waals surface area contributed by atoms with Crippen molar-refractivity contribution in [3.05, 3.63) is 30.4 Å². The number of amides is 1. The Morgan fingerprint density at radius 1 is 1.53 bits per heavy atom. The molecule has 2 aromatic heterocycles. The van der Waals surface area contributed by atoms with E-state index in [-0.39, 0.29) is 23.7 Å². The molecule has 1 amide bonds. The van der Waals surface area contributed by atoms with Crippen molar-refractivity contribution in [2.24, 2.45) is 0 Å². The molecule has 2 rings (SSSR count). The number of nitrogens with zero attached hydrogens (tertiary/aromatic N) is 3. The zero-order valence-electron chi connectivity index (χ0n) is 10.7. The largest absolute Gasteiger partial charge is 0.412 e. The monoisotopic (exact) mass is 278 g/mol. The maximum atomic E-state index is 11.8. The molecule has 2 aromatic rings. The van der Waals surface area contributed by atoms with E-state index in [0.717, 1.165) is 5.75 Å². The van der Waals surface area contributed by atoms with Crippen molar-refractivity contribution in [1.29, 1.82) is 0 Å². The van der Waals surface area contributed by atoms with Crippen molar-refractivity contribution in [2.45, 2.75) is 13.0 Å². The molecule has 0 spiro atoms. The third-order valence-corrected chi connectivity index (χ3v) is 3.16. The third-order valence-electron chi connectivity index (χ3n) is 2.32. The zero-order valence-corrected chi connectivity index (χ0v) is 11.5. The molecule has 0 aliphatic rings. The first-order valence-corrected chi connectivity index (χ1v) is 7.14. The standard InChI is InChI=1S/C12H14N4O2S/c1-8(7-19-2)14-10(17)12-16-15-11(18-12)9-4-3-5-13-6-9/h3-6,8H,7H2,1-2H3,(H,14,17). The van der Waals surface area contributed by atoms with Crippen molar-refractivity contribution >= 4 is 17.7 Å². The van der Waals surface area contributed by atoms with Gasteiger partial charge in [-0.1, -0.05) is 0 Å². The van der Waals surface area contributed by atoms with Crippen LogP contribution in [-0.2, 0) is 0 Å². The molecule has 0 aliphatic carbocycles. The minimum absolute atomic E-state index is 0.0354. The molecule has 0 bridgehead atoms. The Hall–Kier alpha value is -1.89. The van der Waals surface area contributed by atoms with Crippen LogP contribution in [-0.4, -0.2) is 39.1 Å². The van der Waals surface area contributed by atoms with Crippen LogP contribution in [0.5, 0.6) is 0 Å². The van der Waals surface area contributed by atoms with E-state index in [9.17, 15) is 4.79 Å². The van der Waals surface area contributed by atoms with Crippen LogP contribution < -0.4 is 5.32 Å². The maximum Gasteiger partial charge on any atom is 0.309 e. The first kappa shape index (κ1) is 13.5. The SMILES string of the molecule is CSCC(C)NC(=O)c1nnc(-c2cccnc2)o1. The van der Waals surface area contributed by atoms with Crippen LogP contribution in [0.1, 0.15) is 17.6 Å². The summed E-state index contributed by atoms with van der Waals surface area (Å²) >= 11 is 1.66. The van der Waals surface area contributed by atoms with Gasteiger partial charge in [-0.15, -0.1) is 10.2 Å². The Morgan fingerprint density at radius 2 is 2.37 bits per heavy atom. The minimum atomic E-state index is -0.357. The summed E-state index contributed by atoms with van der Waals surface area (Å²) in [6, 6.07) is 3.61. The molecule has 7 heteroatoms. The number of hydrogen-bond acceptors (Lipinski definition) is 6. The highest BCUT2D eigenvalue weighted by Gasteiger charge is 2.17. The second-order valence-electron chi connectivity index (χ2n) is 3.98. The van der Waals surface area contributed by atoms with Gasteiger partial charge in [0.05, 0.1) is 5.56 Å². The lowest BCUT2D eigenvalue weighted by Crippen LogP contribution is -2.34. The van der Waals surface area contributed by atoms with Gasteiger partial charge in [-0.05, 0) is 25.3 Å². The van der Waals surface area contributed by atoms with Crippen LogP contribution in [0.4, 0.5) is 0 Å². The third kappa shape index (κ3) is 3.54. The number of carbonyl (C=O) groups excluding carboxylic acids is 1. The molecule has 0 saturated carbocycles. The number of pyridine rings is 1. The Bertz CT molecular complexity index is 544. The molecule has 1 N–H and O–H groups in total. The first-order chi connectivity index (χ1) is 9.20. The Labute approximate surface area is 115 Å². The fourth-order valence-electron chi connectivity index (χ4n) is 1.50. The quantitative estimate of drug-likeness (QED) is 0.895. The molecule has 1 atom stereocenters. The van der Waals surface area contributed by atoms with Gasteiger partial charge < -0.3 is 9.73 Å². The van der Waals surface area contributed by atoms with E-state index in [4.69, 9.17) is 4.42 Å². The van der Waals surface area contributed by atoms with Crippen molar-refractivity contribution in [1.82, 2.24) is 20.5 Å². The van der Waals surface area contributed by atoms with Gasteiger partial charge in [0.25, 0.3) is 0 Å². The highest BCUT2D eigenvalue weighted by Crippen LogP contribution is 2.15. The molecule has 0 aromatic carbocycles. The number of carbonyl (C=O) groups is 1. The maximum absolute atomic E-state index is 11.8. The molecular formula is C12H14N4O2S. The van der Waals surface area contributed by atoms with E-state index >= 15 is 0 Å². The summed E-state index contributed by atoms with van der Waals surface area (Å²) in [5, 5.41) is 10.4. The van der Waals surface area contributed by atoms with Crippen LogP contribution >= 0.6 is 11.8 Å². The average Bonchev–Trinajstić information content (AvgIpc) is 2.89. The molecular weight excluding hydrogens is 264 g/mol. The number of rotatable bonds is 5. The van der Waals surface area contributed by atoms with Gasteiger partial charge in [-0.2, -0.15) is 11.8 Å². The van der Waals surface area contributed by atoms with Crippen LogP contribution in [0.2, 0.25) is 0 Å². The molecule has 1 unspecified atom stereocenters. The Morgan fingerprint density at radius 3 is 3.05 bits per heavy atom. The molecule has 0 fully saturated rings. The van der Waals surface area contributed by atoms with Gasteiger partial charge in [0.2, 0.25) is 5.89 Å². The zero-order chi connectivity index (χ0) is 13.7. The van der Waals surface area contributed by atoms with Gasteiger partial charge in [-0.25, -0.2) is 0 Å². The Balaban J connectivity index is 2.07. The van der Waals surface area contributed by atoms with Gasteiger partial charge in [0, 0.05) is 24.2 Å². The van der Waals surface area contributed by atoms with E-state index in [1.54, 1.807) is 36.3 Å². The summed E-state index contributed by atoms with van der Waals surface area (Å²) in [7, 11) is 0. The number of thioether (sulfide) groups is 1. The highest BCUT2D eigenvalue weighted by molar-refractivity contribution is 7.98. The van der Waals surface area contributed by atoms with Crippen LogP contribution in [0.15, 0.2) is 28.9 Å². The summed E-state index contributed by atoms with van der Waals surface area (Å²) in [6.45, 7) is 1.92. The van der Waals surface area contributed by atoms with Crippen molar-refractivity contribution in [2.75, 3.05) is 12.0 Å². The minimum Gasteiger partial charge on any atom is -0.412 e. The van der Waals surface area contributed by atoms with E-state index < -0.39 is 0 Å². The van der Waals surface area contributed by atoms with Crippen molar-refractivity contribution in [3.8, 4) is 11.5 Å². The molecule has 6 nitrogen and oxygen atoms in total. The normalized spacial score (nSPS) is 12.1. The van der Waals surface area contributed by atoms with Gasteiger partial charge >= 0.3 is 11.8 Å². The molecule has 2 heterocycles. The topological polar surface area (TPSA) is 80.9 Å². The second kappa shape index (κ2) is 6.33. The summed E-state index contributed by atoms with van der Waals surface area (Å²) < 4.78 is 5.33. The number of nitrogens with one attached hydrogen (secondary N) is 1. The Kier molecular flexibility index (Phi) is 4.51. The van der Waals surface area contributed by atoms with Crippen LogP contribution in [0.3, 0.4) is 0 Å². The molecule has 0 aliphatic heterocycles. The number of hydrogen-bond donors (Lipinski definition) is 1. The summed E-state index contributed by atoms with van der Waals surface area (Å²) in [5.41, 5.74) is 0.686. The lowest BCUT2D eigenvalue weighted by atomic mass is 10.3. The second-order valence-corrected chi connectivity index (χ2v) is 4.89. The molecule has 0 saturated heterocycles. The fraction of sp³-hybridized carbons (Fsp3) is 0.333. The number of aromatic nitrogens is 3. The summed E-state index contributed by atoms with van der Waals surface area (Å²) in [5.74, 6) is 0.724. The van der Waals surface area contributed by atoms with Gasteiger partial charge in [0.1, 0.15) is 0 Å². The van der Waals surface area contributed by atoms with E-state index in [0.29, 0.717) is 5.56 Å². The predicted molar refractivity (Wildman–Crippen MR) is 72.8 cm³/mol. The predicted octanol–water partition coefficient (Wildman–Crippen LogP) is 1.61. The lowest BCUT2D eigenvalue weighted by Gasteiger charge is -2.09. The highest BCUT2D eigenvalue weighted by atomic mass is 32.2. The molecule has 19 heavy (non-hydrogen) atoms. The summed E-state index contributed by atoms with van der Waals surface area (Å²) in [4.78, 5) is 15.8. The smallest absolute Gasteiger partial charge is 0.309 e. The molecule has 0 radical (unpaired) electrons. The van der Waals surface area contributed by atoms with Gasteiger partial charge in [0.15, 0.2) is 0 Å². The first-order valence-electron chi connectivity index (χ1n) is 5.74. The van der Waals surface area contributed by atoms with Crippen molar-refractivity contribution in [3.63, 3.8) is 0 Å². The van der Waals surface area contributed by atoms with E-state index in [1.165, 1.54) is 0 Å². The van der Waals surface area contributed by atoms with E-state index in [1.807, 2.05) is 13.2 Å². The fourth-order valence-corrected chi connectivity index (χ4v) is 2.08.